The van der Waals surface area contributed by atoms with E-state index in [2.05, 4.69) is 12.1 Å². The van der Waals surface area contributed by atoms with Crippen LogP contribution in [-0.4, -0.2) is 5.11 Å². The number of rotatable bonds is 0. The minimum atomic E-state index is 0.386. The van der Waals surface area contributed by atoms with E-state index in [1.54, 1.807) is 6.07 Å². The van der Waals surface area contributed by atoms with Crippen molar-refractivity contribution in [2.45, 2.75) is 12.8 Å². The summed E-state index contributed by atoms with van der Waals surface area (Å²) in [7, 11) is 0. The van der Waals surface area contributed by atoms with Gasteiger partial charge in [-0.05, 0) is 31.1 Å². The van der Waals surface area contributed by atoms with Crippen molar-refractivity contribution in [3.8, 4) is 0 Å². The molecule has 0 aromatic heterocycles. The van der Waals surface area contributed by atoms with Crippen molar-refractivity contribution >= 4 is 5.76 Å². The smallest absolute Gasteiger partial charge is 0.119 e. The van der Waals surface area contributed by atoms with Gasteiger partial charge in [-0.25, -0.2) is 0 Å². The fourth-order valence-electron chi connectivity index (χ4n) is 1.32. The van der Waals surface area contributed by atoms with Crippen molar-refractivity contribution < 1.29 is 5.11 Å². The van der Waals surface area contributed by atoms with Crippen LogP contribution >= 0.6 is 0 Å². The number of hydrogen-bond donors (Lipinski definition) is 1. The van der Waals surface area contributed by atoms with E-state index in [0.717, 1.165) is 24.0 Å². The lowest BCUT2D eigenvalue weighted by atomic mass is 9.98. The molecule has 1 nitrogen and oxygen atoms in total. The molecule has 1 aliphatic carbocycles. The third-order valence-corrected chi connectivity index (χ3v) is 1.89. The number of allylic oxidation sites excluding steroid dienone is 1. The van der Waals surface area contributed by atoms with Crippen molar-refractivity contribution in [1.82, 2.24) is 0 Å². The normalized spacial score (nSPS) is 14.7. The number of hydrogen-bond acceptors (Lipinski definition) is 1. The Labute approximate surface area is 66.0 Å². The van der Waals surface area contributed by atoms with Crippen molar-refractivity contribution in [2.24, 2.45) is 0 Å². The van der Waals surface area contributed by atoms with Crippen LogP contribution in [0.5, 0.6) is 0 Å². The molecular formula is C10H8O. The summed E-state index contributed by atoms with van der Waals surface area (Å²) in [6.07, 6.45) is 3.72. The predicted molar refractivity (Wildman–Crippen MR) is 43.0 cm³/mol. The molecule has 1 aromatic carbocycles. The molecule has 0 aliphatic heterocycles. The van der Waals surface area contributed by atoms with Crippen LogP contribution < -0.4 is 0 Å². The highest BCUT2D eigenvalue weighted by atomic mass is 16.3. The lowest BCUT2D eigenvalue weighted by molar-refractivity contribution is 0.505. The van der Waals surface area contributed by atoms with Gasteiger partial charge in [0.25, 0.3) is 0 Å². The summed E-state index contributed by atoms with van der Waals surface area (Å²) in [5.74, 6) is 0.386. The highest BCUT2D eigenvalue weighted by Crippen LogP contribution is 2.21. The van der Waals surface area contributed by atoms with Gasteiger partial charge in [-0.15, -0.1) is 0 Å². The molecule has 0 atom stereocenters. The highest BCUT2D eigenvalue weighted by molar-refractivity contribution is 5.62. The highest BCUT2D eigenvalue weighted by Gasteiger charge is 2.09. The maximum atomic E-state index is 9.39. The van der Waals surface area contributed by atoms with Crippen LogP contribution in [0.1, 0.15) is 17.5 Å². The molecule has 0 bridgehead atoms. The molecular weight excluding hydrogens is 136 g/mol. The second-order valence-electron chi connectivity index (χ2n) is 2.62. The monoisotopic (exact) mass is 144 g/mol. The number of aliphatic hydroxyl groups excluding tert-OH is 1. The first-order valence-electron chi connectivity index (χ1n) is 3.68. The van der Waals surface area contributed by atoms with Crippen LogP contribution in [0.25, 0.3) is 5.76 Å². The van der Waals surface area contributed by atoms with Crippen molar-refractivity contribution in [3.05, 3.63) is 41.5 Å². The molecule has 11 heavy (non-hydrogen) atoms. The van der Waals surface area contributed by atoms with Crippen LogP contribution in [0.3, 0.4) is 0 Å². The standard InChI is InChI=1S/C10H8O/c11-10-7-3-5-8-4-1-2-6-9(8)10/h2,6-7,11H,3,5H2. The lowest BCUT2D eigenvalue weighted by Crippen LogP contribution is -1.97. The quantitative estimate of drug-likeness (QED) is 0.591. The summed E-state index contributed by atoms with van der Waals surface area (Å²) in [5, 5.41) is 9.39. The Morgan fingerprint density at radius 1 is 1.45 bits per heavy atom. The van der Waals surface area contributed by atoms with Crippen LogP contribution in [0.15, 0.2) is 18.2 Å². The third-order valence-electron chi connectivity index (χ3n) is 1.89. The molecule has 0 unspecified atom stereocenters. The minimum absolute atomic E-state index is 0.386. The van der Waals surface area contributed by atoms with Gasteiger partial charge >= 0.3 is 0 Å². The van der Waals surface area contributed by atoms with Gasteiger partial charge in [-0.3, -0.25) is 0 Å². The summed E-state index contributed by atoms with van der Waals surface area (Å²) >= 11 is 0. The maximum absolute atomic E-state index is 9.39. The predicted octanol–water partition coefficient (Wildman–Crippen LogP) is 2.13. The fraction of sp³-hybridized carbons (Fsp3) is 0.200. The molecule has 0 heterocycles. The van der Waals surface area contributed by atoms with Crippen LogP contribution in [0, 0.1) is 12.1 Å². The van der Waals surface area contributed by atoms with Crippen molar-refractivity contribution in [3.63, 3.8) is 0 Å². The van der Waals surface area contributed by atoms with Gasteiger partial charge in [0.2, 0.25) is 0 Å². The largest absolute Gasteiger partial charge is 0.508 e. The molecule has 0 radical (unpaired) electrons. The van der Waals surface area contributed by atoms with Crippen LogP contribution in [-0.2, 0) is 6.42 Å². The zero-order valence-corrected chi connectivity index (χ0v) is 6.09. The minimum Gasteiger partial charge on any atom is -0.508 e. The molecule has 1 aliphatic rings. The SMILES string of the molecule is OC1=CCCc2c#cccc21. The van der Waals surface area contributed by atoms with E-state index >= 15 is 0 Å². The molecule has 0 amide bonds. The lowest BCUT2D eigenvalue weighted by Gasteiger charge is -2.09. The second kappa shape index (κ2) is 2.32. The summed E-state index contributed by atoms with van der Waals surface area (Å²) in [4.78, 5) is 0. The average molecular weight is 144 g/mol. The first-order valence-corrected chi connectivity index (χ1v) is 3.68. The van der Waals surface area contributed by atoms with E-state index in [-0.39, 0.29) is 0 Å². The first-order chi connectivity index (χ1) is 5.38. The fourth-order valence-corrected chi connectivity index (χ4v) is 1.32. The maximum Gasteiger partial charge on any atom is 0.119 e. The summed E-state index contributed by atoms with van der Waals surface area (Å²) in [5.41, 5.74) is 1.99. The number of aliphatic hydroxyl groups is 1. The number of fused-ring (bicyclic) bond motifs is 1. The van der Waals surface area contributed by atoms with E-state index in [0.29, 0.717) is 5.76 Å². The van der Waals surface area contributed by atoms with Gasteiger partial charge < -0.3 is 5.11 Å². The third kappa shape index (κ3) is 0.969. The van der Waals surface area contributed by atoms with E-state index < -0.39 is 0 Å². The Hall–Kier alpha value is -1.42. The van der Waals surface area contributed by atoms with E-state index in [1.807, 2.05) is 12.1 Å². The van der Waals surface area contributed by atoms with E-state index in [1.165, 1.54) is 0 Å². The summed E-state index contributed by atoms with van der Waals surface area (Å²) in [6.45, 7) is 0. The topological polar surface area (TPSA) is 20.2 Å². The zero-order chi connectivity index (χ0) is 7.68. The zero-order valence-electron chi connectivity index (χ0n) is 6.09. The molecule has 1 heteroatoms. The molecule has 54 valence electrons. The Morgan fingerprint density at radius 3 is 3.18 bits per heavy atom. The Bertz CT molecular complexity index is 299. The van der Waals surface area contributed by atoms with Crippen LogP contribution in [0.4, 0.5) is 0 Å². The van der Waals surface area contributed by atoms with Crippen LogP contribution in [0.2, 0.25) is 0 Å². The molecule has 1 N–H and O–H groups in total. The van der Waals surface area contributed by atoms with Gasteiger partial charge in [0.1, 0.15) is 5.76 Å². The Balaban J connectivity index is 2.56. The van der Waals surface area contributed by atoms with Crippen molar-refractivity contribution in [1.29, 1.82) is 0 Å². The van der Waals surface area contributed by atoms with Gasteiger partial charge in [0.15, 0.2) is 0 Å². The average Bonchev–Trinajstić information content (AvgIpc) is 2.06. The van der Waals surface area contributed by atoms with Crippen molar-refractivity contribution in [2.75, 3.05) is 0 Å². The molecule has 0 spiro atoms. The van der Waals surface area contributed by atoms with E-state index in [4.69, 9.17) is 0 Å². The van der Waals surface area contributed by atoms with Gasteiger partial charge in [-0.2, -0.15) is 0 Å². The van der Waals surface area contributed by atoms with Gasteiger partial charge in [-0.1, -0.05) is 12.1 Å². The molecule has 0 saturated carbocycles. The Kier molecular flexibility index (Phi) is 1.33. The summed E-state index contributed by atoms with van der Waals surface area (Å²) < 4.78 is 0. The molecule has 0 saturated heterocycles. The molecule has 2 rings (SSSR count). The van der Waals surface area contributed by atoms with E-state index in [9.17, 15) is 5.11 Å². The van der Waals surface area contributed by atoms with Gasteiger partial charge in [0, 0.05) is 11.1 Å². The summed E-state index contributed by atoms with van der Waals surface area (Å²) in [6, 6.07) is 9.52. The first kappa shape index (κ1) is 6.30. The second-order valence-corrected chi connectivity index (χ2v) is 2.62. The molecule has 0 fully saturated rings. The van der Waals surface area contributed by atoms with Gasteiger partial charge in [0.05, 0.1) is 0 Å². The molecule has 1 aromatic rings. The Morgan fingerprint density at radius 2 is 2.36 bits per heavy atom.